The van der Waals surface area contributed by atoms with E-state index in [0.29, 0.717) is 18.3 Å². The van der Waals surface area contributed by atoms with Crippen LogP contribution in [-0.2, 0) is 4.74 Å². The Balaban J connectivity index is 1.82. The van der Waals surface area contributed by atoms with Gasteiger partial charge in [0, 0.05) is 25.3 Å². The second-order valence-corrected chi connectivity index (χ2v) is 6.76. The second kappa shape index (κ2) is 6.43. The van der Waals surface area contributed by atoms with Crippen LogP contribution in [0.3, 0.4) is 0 Å². The van der Waals surface area contributed by atoms with Crippen LogP contribution in [-0.4, -0.2) is 30.3 Å². The Kier molecular flexibility index (Phi) is 4.83. The van der Waals surface area contributed by atoms with E-state index in [0.717, 1.165) is 18.6 Å². The van der Waals surface area contributed by atoms with Gasteiger partial charge in [0.05, 0.1) is 6.10 Å². The summed E-state index contributed by atoms with van der Waals surface area (Å²) in [6, 6.07) is 3.50. The first-order chi connectivity index (χ1) is 9.86. The van der Waals surface area contributed by atoms with Gasteiger partial charge >= 0.3 is 6.03 Å². The molecule has 2 N–H and O–H groups in total. The summed E-state index contributed by atoms with van der Waals surface area (Å²) >= 11 is 0. The van der Waals surface area contributed by atoms with Crippen molar-refractivity contribution in [2.45, 2.75) is 40.2 Å². The molecular formula is C16H25N3O2. The first-order valence-corrected chi connectivity index (χ1v) is 7.45. The molecule has 2 atom stereocenters. The van der Waals surface area contributed by atoms with E-state index in [4.69, 9.17) is 4.74 Å². The lowest BCUT2D eigenvalue weighted by Crippen LogP contribution is -2.40. The molecule has 0 aliphatic carbocycles. The molecule has 1 aromatic heterocycles. The van der Waals surface area contributed by atoms with Gasteiger partial charge < -0.3 is 10.1 Å². The van der Waals surface area contributed by atoms with E-state index in [1.165, 1.54) is 0 Å². The van der Waals surface area contributed by atoms with Gasteiger partial charge in [-0.3, -0.25) is 5.32 Å². The van der Waals surface area contributed by atoms with Crippen LogP contribution in [0.25, 0.3) is 0 Å². The minimum absolute atomic E-state index is 0.0951. The number of urea groups is 1. The maximum Gasteiger partial charge on any atom is 0.320 e. The van der Waals surface area contributed by atoms with Gasteiger partial charge in [-0.1, -0.05) is 26.8 Å². The van der Waals surface area contributed by atoms with E-state index in [-0.39, 0.29) is 17.6 Å². The lowest BCUT2D eigenvalue weighted by molar-refractivity contribution is 0.00782. The van der Waals surface area contributed by atoms with Crippen molar-refractivity contribution in [2.24, 2.45) is 11.3 Å². The molecule has 0 radical (unpaired) electrons. The molecule has 2 heterocycles. The summed E-state index contributed by atoms with van der Waals surface area (Å²) in [5.74, 6) is 0.926. The number of hydrogen-bond acceptors (Lipinski definition) is 3. The van der Waals surface area contributed by atoms with Crippen LogP contribution >= 0.6 is 0 Å². The Bertz CT molecular complexity index is 479. The third-order valence-electron chi connectivity index (χ3n) is 3.75. The van der Waals surface area contributed by atoms with Crippen molar-refractivity contribution in [1.29, 1.82) is 0 Å². The zero-order valence-electron chi connectivity index (χ0n) is 13.3. The average Bonchev–Trinajstić information content (AvgIpc) is 2.87. The monoisotopic (exact) mass is 291 g/mol. The van der Waals surface area contributed by atoms with Crippen LogP contribution in [0.4, 0.5) is 10.6 Å². The number of hydrogen-bond donors (Lipinski definition) is 2. The van der Waals surface area contributed by atoms with Crippen molar-refractivity contribution < 1.29 is 9.53 Å². The van der Waals surface area contributed by atoms with Crippen LogP contribution < -0.4 is 10.6 Å². The Labute approximate surface area is 126 Å². The summed E-state index contributed by atoms with van der Waals surface area (Å²) in [6.07, 6.45) is 2.91. The highest BCUT2D eigenvalue weighted by Crippen LogP contribution is 2.34. The maximum absolute atomic E-state index is 11.9. The van der Waals surface area contributed by atoms with Gasteiger partial charge in [0.2, 0.25) is 0 Å². The molecular weight excluding hydrogens is 266 g/mol. The largest absolute Gasteiger partial charge is 0.377 e. The molecule has 0 aromatic carbocycles. The molecule has 1 aromatic rings. The van der Waals surface area contributed by atoms with Crippen LogP contribution in [0.1, 0.15) is 32.8 Å². The smallest absolute Gasteiger partial charge is 0.320 e. The quantitative estimate of drug-likeness (QED) is 0.900. The van der Waals surface area contributed by atoms with Crippen LogP contribution in [0.15, 0.2) is 18.3 Å². The Morgan fingerprint density at radius 2 is 2.19 bits per heavy atom. The molecule has 1 aliphatic heterocycles. The summed E-state index contributed by atoms with van der Waals surface area (Å²) in [6.45, 7) is 9.88. The normalized spacial score (nSPS) is 22.1. The maximum atomic E-state index is 11.9. The Hall–Kier alpha value is -1.62. The van der Waals surface area contributed by atoms with Crippen molar-refractivity contribution in [3.63, 3.8) is 0 Å². The lowest BCUT2D eigenvalue weighted by atomic mass is 9.81. The molecule has 21 heavy (non-hydrogen) atoms. The number of carbonyl (C=O) groups is 1. The third-order valence-corrected chi connectivity index (χ3v) is 3.75. The molecule has 0 unspecified atom stereocenters. The van der Waals surface area contributed by atoms with Crippen LogP contribution in [0, 0.1) is 18.3 Å². The van der Waals surface area contributed by atoms with Gasteiger partial charge in [-0.15, -0.1) is 0 Å². The van der Waals surface area contributed by atoms with E-state index < -0.39 is 0 Å². The molecule has 1 saturated heterocycles. The summed E-state index contributed by atoms with van der Waals surface area (Å²) in [5.41, 5.74) is 1.16. The van der Waals surface area contributed by atoms with E-state index in [2.05, 4.69) is 36.4 Å². The molecule has 1 fully saturated rings. The van der Waals surface area contributed by atoms with Crippen LogP contribution in [0.2, 0.25) is 0 Å². The molecule has 2 amide bonds. The minimum atomic E-state index is -0.217. The minimum Gasteiger partial charge on any atom is -0.377 e. The van der Waals surface area contributed by atoms with Gasteiger partial charge in [0.15, 0.2) is 0 Å². The molecule has 0 bridgehead atoms. The molecule has 116 valence electrons. The van der Waals surface area contributed by atoms with Gasteiger partial charge in [-0.05, 0) is 30.4 Å². The number of anilines is 1. The van der Waals surface area contributed by atoms with Crippen molar-refractivity contribution in [2.75, 3.05) is 18.5 Å². The molecule has 0 saturated carbocycles. The average molecular weight is 291 g/mol. The zero-order chi connectivity index (χ0) is 15.5. The highest BCUT2D eigenvalue weighted by molar-refractivity contribution is 5.88. The summed E-state index contributed by atoms with van der Waals surface area (Å²) in [7, 11) is 0. The Morgan fingerprint density at radius 3 is 2.81 bits per heavy atom. The fraction of sp³-hybridized carbons (Fsp3) is 0.625. The molecule has 0 spiro atoms. The highest BCUT2D eigenvalue weighted by Gasteiger charge is 2.37. The van der Waals surface area contributed by atoms with E-state index >= 15 is 0 Å². The van der Waals surface area contributed by atoms with Gasteiger partial charge in [-0.2, -0.15) is 0 Å². The lowest BCUT2D eigenvalue weighted by Gasteiger charge is -2.31. The van der Waals surface area contributed by atoms with Crippen molar-refractivity contribution in [1.82, 2.24) is 10.3 Å². The number of amides is 2. The van der Waals surface area contributed by atoms with Gasteiger partial charge in [-0.25, -0.2) is 9.78 Å². The second-order valence-electron chi connectivity index (χ2n) is 6.76. The van der Waals surface area contributed by atoms with Gasteiger partial charge in [0.25, 0.3) is 0 Å². The van der Waals surface area contributed by atoms with Gasteiger partial charge in [0.1, 0.15) is 5.82 Å². The molecule has 5 heteroatoms. The highest BCUT2D eigenvalue weighted by atomic mass is 16.5. The van der Waals surface area contributed by atoms with E-state index in [9.17, 15) is 4.79 Å². The topological polar surface area (TPSA) is 63.2 Å². The van der Waals surface area contributed by atoms with Crippen molar-refractivity contribution in [3.8, 4) is 0 Å². The van der Waals surface area contributed by atoms with Crippen molar-refractivity contribution >= 4 is 11.8 Å². The van der Waals surface area contributed by atoms with Crippen molar-refractivity contribution in [3.05, 3.63) is 23.9 Å². The summed E-state index contributed by atoms with van der Waals surface area (Å²) < 4.78 is 5.81. The zero-order valence-corrected chi connectivity index (χ0v) is 13.3. The van der Waals surface area contributed by atoms with E-state index in [1.54, 1.807) is 12.3 Å². The first-order valence-electron chi connectivity index (χ1n) is 7.45. The van der Waals surface area contributed by atoms with Crippen LogP contribution in [0.5, 0.6) is 0 Å². The number of ether oxygens (including phenoxy) is 1. The first kappa shape index (κ1) is 15.8. The number of nitrogens with one attached hydrogen (secondary N) is 2. The number of aryl methyl sites for hydroxylation is 1. The number of aromatic nitrogens is 1. The number of rotatable bonds is 3. The number of carbonyl (C=O) groups excluding carboxylic acids is 1. The third kappa shape index (κ3) is 4.43. The number of pyridine rings is 1. The fourth-order valence-corrected chi connectivity index (χ4v) is 2.73. The number of nitrogens with zero attached hydrogens (tertiary/aromatic N) is 1. The predicted molar refractivity (Wildman–Crippen MR) is 83.3 cm³/mol. The molecule has 1 aliphatic rings. The fourth-order valence-electron chi connectivity index (χ4n) is 2.73. The SMILES string of the molecule is Cc1ccc(NC(=O)NC[C@H]2CCO[C@@H]2C(C)(C)C)nc1. The molecule has 5 nitrogen and oxygen atoms in total. The molecule has 2 rings (SSSR count). The summed E-state index contributed by atoms with van der Waals surface area (Å²) in [5, 5.41) is 5.66. The standard InChI is InChI=1S/C16H25N3O2/c1-11-5-6-13(17-9-11)19-15(20)18-10-12-7-8-21-14(12)16(2,3)4/h5-6,9,12,14H,7-8,10H2,1-4H3,(H2,17,18,19,20)/t12-,14+/m1/s1. The summed E-state index contributed by atoms with van der Waals surface area (Å²) in [4.78, 5) is 16.1. The predicted octanol–water partition coefficient (Wildman–Crippen LogP) is 2.96. The Morgan fingerprint density at radius 1 is 1.43 bits per heavy atom. The van der Waals surface area contributed by atoms with E-state index in [1.807, 2.05) is 13.0 Å².